The molecule has 1 atom stereocenters. The second-order valence-corrected chi connectivity index (χ2v) is 5.12. The van der Waals surface area contributed by atoms with Gasteiger partial charge in [0.1, 0.15) is 0 Å². The fourth-order valence-electron chi connectivity index (χ4n) is 2.73. The lowest BCUT2D eigenvalue weighted by Crippen LogP contribution is -2.39. The predicted molar refractivity (Wildman–Crippen MR) is 80.7 cm³/mol. The summed E-state index contributed by atoms with van der Waals surface area (Å²) >= 11 is 0. The van der Waals surface area contributed by atoms with Gasteiger partial charge >= 0.3 is 0 Å². The van der Waals surface area contributed by atoms with Crippen LogP contribution in [0.15, 0.2) is 54.6 Å². The Balaban J connectivity index is 1.89. The Hall–Kier alpha value is -2.13. The average Bonchev–Trinajstić information content (AvgIpc) is 2.54. The van der Waals surface area contributed by atoms with Crippen LogP contribution < -0.4 is 10.2 Å². The Bertz CT molecular complexity index is 609. The molecule has 102 valence electrons. The Morgan fingerprint density at radius 1 is 1.10 bits per heavy atom. The maximum absolute atomic E-state index is 12.7. The molecule has 0 spiro atoms. The van der Waals surface area contributed by atoms with Crippen molar-refractivity contribution in [3.05, 3.63) is 65.7 Å². The van der Waals surface area contributed by atoms with E-state index < -0.39 is 0 Å². The first kappa shape index (κ1) is 12.9. The second kappa shape index (κ2) is 5.47. The number of rotatable bonds is 2. The van der Waals surface area contributed by atoms with Gasteiger partial charge in [-0.05, 0) is 23.3 Å². The van der Waals surface area contributed by atoms with Gasteiger partial charge < -0.3 is 10.2 Å². The smallest absolute Gasteiger partial charge is 0.235 e. The molecule has 0 saturated heterocycles. The average molecular weight is 266 g/mol. The molecule has 1 amide bonds. The van der Waals surface area contributed by atoms with Crippen LogP contribution in [-0.2, 0) is 11.3 Å². The van der Waals surface area contributed by atoms with Crippen LogP contribution in [-0.4, -0.2) is 19.5 Å². The van der Waals surface area contributed by atoms with Gasteiger partial charge in [0.25, 0.3) is 0 Å². The molecule has 1 aliphatic rings. The van der Waals surface area contributed by atoms with Crippen LogP contribution in [0.25, 0.3) is 0 Å². The molecule has 1 unspecified atom stereocenters. The van der Waals surface area contributed by atoms with Crippen LogP contribution >= 0.6 is 0 Å². The van der Waals surface area contributed by atoms with Crippen molar-refractivity contribution in [1.82, 2.24) is 5.32 Å². The van der Waals surface area contributed by atoms with E-state index in [1.54, 1.807) is 4.90 Å². The summed E-state index contributed by atoms with van der Waals surface area (Å²) in [5, 5.41) is 3.33. The lowest BCUT2D eigenvalue weighted by Gasteiger charge is -2.29. The summed E-state index contributed by atoms with van der Waals surface area (Å²) in [6, 6.07) is 18.0. The largest absolute Gasteiger partial charge is 0.315 e. The van der Waals surface area contributed by atoms with Crippen LogP contribution in [0.1, 0.15) is 17.0 Å². The minimum atomic E-state index is -0.106. The van der Waals surface area contributed by atoms with Crippen molar-refractivity contribution in [2.75, 3.05) is 18.5 Å². The first-order chi connectivity index (χ1) is 9.77. The zero-order valence-corrected chi connectivity index (χ0v) is 11.5. The van der Waals surface area contributed by atoms with E-state index in [-0.39, 0.29) is 11.8 Å². The standard InChI is InChI=1S/C17H18N2O/c1-19(14-8-3-2-4-9-14)17(20)16-12-18-11-13-7-5-6-10-15(13)16/h2-10,16,18H,11-12H2,1H3. The third-order valence-corrected chi connectivity index (χ3v) is 3.87. The molecule has 0 bridgehead atoms. The van der Waals surface area contributed by atoms with Crippen LogP contribution in [0.2, 0.25) is 0 Å². The van der Waals surface area contributed by atoms with Gasteiger partial charge in [0.15, 0.2) is 0 Å². The van der Waals surface area contributed by atoms with E-state index in [0.29, 0.717) is 6.54 Å². The number of carbonyl (C=O) groups excluding carboxylic acids is 1. The second-order valence-electron chi connectivity index (χ2n) is 5.12. The molecule has 2 aromatic carbocycles. The number of hydrogen-bond acceptors (Lipinski definition) is 2. The number of nitrogens with zero attached hydrogens (tertiary/aromatic N) is 1. The van der Waals surface area contributed by atoms with Crippen molar-refractivity contribution in [3.8, 4) is 0 Å². The van der Waals surface area contributed by atoms with Gasteiger partial charge in [-0.3, -0.25) is 4.79 Å². The molecule has 0 aromatic heterocycles. The number of likely N-dealkylation sites (N-methyl/N-ethyl adjacent to an activating group) is 1. The van der Waals surface area contributed by atoms with Gasteiger partial charge in [-0.25, -0.2) is 0 Å². The Morgan fingerprint density at radius 3 is 2.60 bits per heavy atom. The fourth-order valence-corrected chi connectivity index (χ4v) is 2.73. The molecule has 3 heteroatoms. The highest BCUT2D eigenvalue weighted by Crippen LogP contribution is 2.27. The van der Waals surface area contributed by atoms with E-state index in [4.69, 9.17) is 0 Å². The molecule has 1 N–H and O–H groups in total. The summed E-state index contributed by atoms with van der Waals surface area (Å²) in [6.07, 6.45) is 0. The molecule has 0 fully saturated rings. The number of nitrogens with one attached hydrogen (secondary N) is 1. The Kier molecular flexibility index (Phi) is 3.52. The maximum Gasteiger partial charge on any atom is 0.235 e. The van der Waals surface area contributed by atoms with E-state index in [1.165, 1.54) is 5.56 Å². The van der Waals surface area contributed by atoms with Crippen molar-refractivity contribution in [2.45, 2.75) is 12.5 Å². The normalized spacial score (nSPS) is 17.4. The zero-order chi connectivity index (χ0) is 13.9. The summed E-state index contributed by atoms with van der Waals surface area (Å²) < 4.78 is 0. The molecule has 3 rings (SSSR count). The van der Waals surface area contributed by atoms with E-state index in [2.05, 4.69) is 17.4 Å². The number of fused-ring (bicyclic) bond motifs is 1. The van der Waals surface area contributed by atoms with Gasteiger partial charge in [0.05, 0.1) is 5.92 Å². The van der Waals surface area contributed by atoms with Crippen LogP contribution in [0, 0.1) is 0 Å². The van der Waals surface area contributed by atoms with Crippen LogP contribution in [0.4, 0.5) is 5.69 Å². The SMILES string of the molecule is CN(C(=O)C1CNCc2ccccc21)c1ccccc1. The van der Waals surface area contributed by atoms with Gasteiger partial charge in [-0.1, -0.05) is 42.5 Å². The van der Waals surface area contributed by atoms with E-state index >= 15 is 0 Å². The lowest BCUT2D eigenvalue weighted by molar-refractivity contribution is -0.119. The first-order valence-corrected chi connectivity index (χ1v) is 6.88. The Labute approximate surface area is 119 Å². The van der Waals surface area contributed by atoms with Crippen molar-refractivity contribution in [2.24, 2.45) is 0 Å². The van der Waals surface area contributed by atoms with Crippen molar-refractivity contribution in [1.29, 1.82) is 0 Å². The first-order valence-electron chi connectivity index (χ1n) is 6.88. The molecule has 2 aromatic rings. The van der Waals surface area contributed by atoms with Crippen molar-refractivity contribution < 1.29 is 4.79 Å². The molecular weight excluding hydrogens is 248 g/mol. The number of carbonyl (C=O) groups is 1. The quantitative estimate of drug-likeness (QED) is 0.906. The lowest BCUT2D eigenvalue weighted by atomic mass is 9.90. The number of hydrogen-bond donors (Lipinski definition) is 1. The number of amides is 1. The minimum Gasteiger partial charge on any atom is -0.315 e. The number of benzene rings is 2. The highest BCUT2D eigenvalue weighted by molar-refractivity contribution is 5.98. The van der Waals surface area contributed by atoms with Gasteiger partial charge in [0.2, 0.25) is 5.91 Å². The highest BCUT2D eigenvalue weighted by atomic mass is 16.2. The summed E-state index contributed by atoms with van der Waals surface area (Å²) in [5.74, 6) is 0.0287. The molecule has 0 saturated carbocycles. The third-order valence-electron chi connectivity index (χ3n) is 3.87. The summed E-state index contributed by atoms with van der Waals surface area (Å²) in [4.78, 5) is 14.5. The monoisotopic (exact) mass is 266 g/mol. The zero-order valence-electron chi connectivity index (χ0n) is 11.5. The summed E-state index contributed by atoms with van der Waals surface area (Å²) in [6.45, 7) is 1.54. The number of para-hydroxylation sites is 1. The molecule has 20 heavy (non-hydrogen) atoms. The van der Waals surface area contributed by atoms with E-state index in [9.17, 15) is 4.79 Å². The van der Waals surface area contributed by atoms with Gasteiger partial charge in [0, 0.05) is 25.8 Å². The van der Waals surface area contributed by atoms with Gasteiger partial charge in [-0.2, -0.15) is 0 Å². The molecule has 0 aliphatic carbocycles. The molecule has 0 radical (unpaired) electrons. The van der Waals surface area contributed by atoms with E-state index in [0.717, 1.165) is 17.8 Å². The van der Waals surface area contributed by atoms with Crippen molar-refractivity contribution in [3.63, 3.8) is 0 Å². The highest BCUT2D eigenvalue weighted by Gasteiger charge is 2.28. The predicted octanol–water partition coefficient (Wildman–Crippen LogP) is 2.54. The Morgan fingerprint density at radius 2 is 1.80 bits per heavy atom. The topological polar surface area (TPSA) is 32.3 Å². The van der Waals surface area contributed by atoms with Crippen LogP contribution in [0.3, 0.4) is 0 Å². The van der Waals surface area contributed by atoms with Crippen molar-refractivity contribution >= 4 is 11.6 Å². The molecular formula is C17H18N2O. The van der Waals surface area contributed by atoms with Crippen LogP contribution in [0.5, 0.6) is 0 Å². The van der Waals surface area contributed by atoms with E-state index in [1.807, 2.05) is 49.5 Å². The minimum absolute atomic E-state index is 0.106. The maximum atomic E-state index is 12.7. The summed E-state index contributed by atoms with van der Waals surface area (Å²) in [5.41, 5.74) is 3.30. The fraction of sp³-hybridized carbons (Fsp3) is 0.235. The molecule has 1 heterocycles. The molecule has 1 aliphatic heterocycles. The summed E-state index contributed by atoms with van der Waals surface area (Å²) in [7, 11) is 1.84. The molecule has 3 nitrogen and oxygen atoms in total. The van der Waals surface area contributed by atoms with Gasteiger partial charge in [-0.15, -0.1) is 0 Å². The third kappa shape index (κ3) is 2.32. The number of anilines is 1.